The molecule has 5 heteroatoms. The molecule has 0 unspecified atom stereocenters. The molecule has 4 nitrogen and oxygen atoms in total. The maximum absolute atomic E-state index is 5.49. The number of aryl methyl sites for hydroxylation is 1. The van der Waals surface area contributed by atoms with E-state index in [9.17, 15) is 0 Å². The van der Waals surface area contributed by atoms with Crippen molar-refractivity contribution in [2.24, 2.45) is 5.84 Å². The first-order chi connectivity index (χ1) is 7.35. The van der Waals surface area contributed by atoms with E-state index in [1.165, 1.54) is 24.1 Å². The molecule has 0 saturated carbocycles. The average Bonchev–Trinajstić information content (AvgIpc) is 2.28. The second-order valence-electron chi connectivity index (χ2n) is 3.70. The van der Waals surface area contributed by atoms with Gasteiger partial charge < -0.3 is 5.43 Å². The summed E-state index contributed by atoms with van der Waals surface area (Å²) in [6.45, 7) is 0. The molecule has 0 radical (unpaired) electrons. The number of nitrogens with one attached hydrogen (secondary N) is 1. The summed E-state index contributed by atoms with van der Waals surface area (Å²) in [4.78, 5) is 9.01. The highest BCUT2D eigenvalue weighted by Gasteiger charge is 2.16. The molecule has 82 valence electrons. The van der Waals surface area contributed by atoms with Gasteiger partial charge in [0.15, 0.2) is 0 Å². The quantitative estimate of drug-likeness (QED) is 0.602. The number of hydrogen-bond acceptors (Lipinski definition) is 5. The van der Waals surface area contributed by atoms with Gasteiger partial charge in [-0.05, 0) is 31.9 Å². The summed E-state index contributed by atoms with van der Waals surface area (Å²) in [5, 5.41) is 0. The fourth-order valence-corrected chi connectivity index (χ4v) is 2.35. The molecular weight excluding hydrogens is 208 g/mol. The van der Waals surface area contributed by atoms with Crippen LogP contribution in [0.4, 0.5) is 5.82 Å². The molecule has 1 aromatic rings. The first kappa shape index (κ1) is 10.7. The highest BCUT2D eigenvalue weighted by Crippen LogP contribution is 2.25. The van der Waals surface area contributed by atoms with Gasteiger partial charge in [0.2, 0.25) is 0 Å². The van der Waals surface area contributed by atoms with Crippen molar-refractivity contribution in [3.05, 3.63) is 17.1 Å². The normalized spacial score (nSPS) is 14.8. The Balaban J connectivity index is 2.38. The number of nitrogens with two attached hydrogens (primary N) is 1. The van der Waals surface area contributed by atoms with Crippen LogP contribution in [0.15, 0.2) is 0 Å². The lowest BCUT2D eigenvalue weighted by molar-refractivity contribution is 0.659. The minimum Gasteiger partial charge on any atom is -0.308 e. The minimum absolute atomic E-state index is 0.823. The molecule has 0 bridgehead atoms. The standard InChI is InChI=1S/C10H16N4S/c1-15-6-9-12-8-5-3-2-4-7(8)10(13-9)14-11/h2-6,11H2,1H3,(H,12,13,14). The predicted octanol–water partition coefficient (Wildman–Crippen LogP) is 1.50. The maximum Gasteiger partial charge on any atom is 0.147 e. The Hall–Kier alpha value is -0.810. The Morgan fingerprint density at radius 2 is 2.13 bits per heavy atom. The van der Waals surface area contributed by atoms with Crippen LogP contribution in [0.3, 0.4) is 0 Å². The Labute approximate surface area is 94.0 Å². The first-order valence-corrected chi connectivity index (χ1v) is 6.58. The molecule has 15 heavy (non-hydrogen) atoms. The summed E-state index contributed by atoms with van der Waals surface area (Å²) in [6.07, 6.45) is 6.61. The molecule has 0 atom stereocenters. The number of anilines is 1. The monoisotopic (exact) mass is 224 g/mol. The largest absolute Gasteiger partial charge is 0.308 e. The SMILES string of the molecule is CSCc1nc2c(c(NN)n1)CCCC2. The molecule has 0 aromatic carbocycles. The minimum atomic E-state index is 0.823. The molecular formula is C10H16N4S. The van der Waals surface area contributed by atoms with Crippen LogP contribution in [0.5, 0.6) is 0 Å². The van der Waals surface area contributed by atoms with Crippen LogP contribution < -0.4 is 11.3 Å². The van der Waals surface area contributed by atoms with Gasteiger partial charge in [0, 0.05) is 11.3 Å². The van der Waals surface area contributed by atoms with Gasteiger partial charge in [0.1, 0.15) is 11.6 Å². The van der Waals surface area contributed by atoms with E-state index in [0.29, 0.717) is 0 Å². The Morgan fingerprint density at radius 1 is 1.33 bits per heavy atom. The summed E-state index contributed by atoms with van der Waals surface area (Å²) in [5.41, 5.74) is 5.10. The number of nitrogens with zero attached hydrogens (tertiary/aromatic N) is 2. The zero-order valence-electron chi connectivity index (χ0n) is 8.92. The lowest BCUT2D eigenvalue weighted by atomic mass is 9.96. The molecule has 0 amide bonds. The van der Waals surface area contributed by atoms with Crippen molar-refractivity contribution in [2.75, 3.05) is 11.7 Å². The van der Waals surface area contributed by atoms with Crippen molar-refractivity contribution in [3.8, 4) is 0 Å². The molecule has 0 saturated heterocycles. The summed E-state index contributed by atoms with van der Waals surface area (Å²) >= 11 is 1.73. The summed E-state index contributed by atoms with van der Waals surface area (Å²) < 4.78 is 0. The summed E-state index contributed by atoms with van der Waals surface area (Å²) in [5.74, 6) is 8.05. The Kier molecular flexibility index (Phi) is 3.43. The average molecular weight is 224 g/mol. The molecule has 0 fully saturated rings. The van der Waals surface area contributed by atoms with Crippen molar-refractivity contribution in [3.63, 3.8) is 0 Å². The molecule has 3 N–H and O–H groups in total. The highest BCUT2D eigenvalue weighted by atomic mass is 32.2. The van der Waals surface area contributed by atoms with Crippen LogP contribution in [0, 0.1) is 0 Å². The number of hydrazine groups is 1. The topological polar surface area (TPSA) is 63.8 Å². The first-order valence-electron chi connectivity index (χ1n) is 5.19. The number of thioether (sulfide) groups is 1. The van der Waals surface area contributed by atoms with Crippen molar-refractivity contribution >= 4 is 17.6 Å². The van der Waals surface area contributed by atoms with Gasteiger partial charge in [-0.15, -0.1) is 0 Å². The van der Waals surface area contributed by atoms with Crippen molar-refractivity contribution in [2.45, 2.75) is 31.4 Å². The van der Waals surface area contributed by atoms with Gasteiger partial charge >= 0.3 is 0 Å². The summed E-state index contributed by atoms with van der Waals surface area (Å²) in [7, 11) is 0. The van der Waals surface area contributed by atoms with E-state index in [4.69, 9.17) is 5.84 Å². The van der Waals surface area contributed by atoms with E-state index in [1.807, 2.05) is 0 Å². The third-order valence-electron chi connectivity index (χ3n) is 2.64. The number of fused-ring (bicyclic) bond motifs is 1. The van der Waals surface area contributed by atoms with Crippen LogP contribution in [0.25, 0.3) is 0 Å². The molecule has 1 aliphatic carbocycles. The fourth-order valence-electron chi connectivity index (χ4n) is 1.96. The molecule has 2 rings (SSSR count). The third-order valence-corrected chi connectivity index (χ3v) is 3.19. The van der Waals surface area contributed by atoms with E-state index in [-0.39, 0.29) is 0 Å². The molecule has 1 heterocycles. The highest BCUT2D eigenvalue weighted by molar-refractivity contribution is 7.97. The van der Waals surface area contributed by atoms with Crippen LogP contribution in [-0.4, -0.2) is 16.2 Å². The Morgan fingerprint density at radius 3 is 2.87 bits per heavy atom. The van der Waals surface area contributed by atoms with E-state index in [1.54, 1.807) is 11.8 Å². The molecule has 1 aliphatic rings. The van der Waals surface area contributed by atoms with Crippen LogP contribution in [0.1, 0.15) is 29.9 Å². The van der Waals surface area contributed by atoms with Gasteiger partial charge in [-0.3, -0.25) is 0 Å². The van der Waals surface area contributed by atoms with Gasteiger partial charge in [0.05, 0.1) is 5.75 Å². The van der Waals surface area contributed by atoms with Crippen LogP contribution in [0.2, 0.25) is 0 Å². The zero-order chi connectivity index (χ0) is 10.7. The smallest absolute Gasteiger partial charge is 0.147 e. The lowest BCUT2D eigenvalue weighted by Gasteiger charge is -2.18. The van der Waals surface area contributed by atoms with Gasteiger partial charge in [-0.25, -0.2) is 15.8 Å². The van der Waals surface area contributed by atoms with Crippen molar-refractivity contribution in [1.29, 1.82) is 0 Å². The van der Waals surface area contributed by atoms with E-state index in [0.717, 1.165) is 30.2 Å². The van der Waals surface area contributed by atoms with Crippen molar-refractivity contribution < 1.29 is 0 Å². The fraction of sp³-hybridized carbons (Fsp3) is 0.600. The molecule has 0 spiro atoms. The number of nitrogen functional groups attached to an aromatic ring is 1. The van der Waals surface area contributed by atoms with Gasteiger partial charge in [-0.2, -0.15) is 11.8 Å². The van der Waals surface area contributed by atoms with E-state index in [2.05, 4.69) is 21.6 Å². The van der Waals surface area contributed by atoms with Crippen LogP contribution >= 0.6 is 11.8 Å². The van der Waals surface area contributed by atoms with Gasteiger partial charge in [-0.1, -0.05) is 0 Å². The second kappa shape index (κ2) is 4.81. The van der Waals surface area contributed by atoms with E-state index >= 15 is 0 Å². The zero-order valence-corrected chi connectivity index (χ0v) is 9.73. The van der Waals surface area contributed by atoms with E-state index < -0.39 is 0 Å². The number of rotatable bonds is 3. The predicted molar refractivity (Wildman–Crippen MR) is 63.7 cm³/mol. The molecule has 0 aliphatic heterocycles. The third kappa shape index (κ3) is 2.23. The maximum atomic E-state index is 5.49. The number of aromatic nitrogens is 2. The molecule has 1 aromatic heterocycles. The second-order valence-corrected chi connectivity index (χ2v) is 4.56. The lowest BCUT2D eigenvalue weighted by Crippen LogP contribution is -2.17. The summed E-state index contributed by atoms with van der Waals surface area (Å²) in [6, 6.07) is 0. The Bertz CT molecular complexity index is 336. The van der Waals surface area contributed by atoms with Gasteiger partial charge in [0.25, 0.3) is 0 Å². The van der Waals surface area contributed by atoms with Crippen LogP contribution in [-0.2, 0) is 18.6 Å². The number of hydrogen-bond donors (Lipinski definition) is 2. The van der Waals surface area contributed by atoms with Crippen molar-refractivity contribution in [1.82, 2.24) is 9.97 Å².